The van der Waals surface area contributed by atoms with Crippen LogP contribution in [0.5, 0.6) is 0 Å². The van der Waals surface area contributed by atoms with E-state index in [0.717, 1.165) is 12.8 Å². The summed E-state index contributed by atoms with van der Waals surface area (Å²) < 4.78 is 13.5. The molecule has 1 aromatic rings. The van der Waals surface area contributed by atoms with Crippen LogP contribution in [-0.4, -0.2) is 28.4 Å². The largest absolute Gasteiger partial charge is 0.393 e. The van der Waals surface area contributed by atoms with Gasteiger partial charge in [-0.3, -0.25) is 4.79 Å². The number of amides is 1. The molecule has 1 aliphatic rings. The summed E-state index contributed by atoms with van der Waals surface area (Å²) in [6.07, 6.45) is 2.51. The van der Waals surface area contributed by atoms with E-state index >= 15 is 0 Å². The van der Waals surface area contributed by atoms with Crippen molar-refractivity contribution in [2.45, 2.75) is 25.3 Å². The molecule has 2 rings (SSSR count). The molecule has 1 fully saturated rings. The maximum Gasteiger partial charge on any atom is 0.255 e. The van der Waals surface area contributed by atoms with Crippen molar-refractivity contribution >= 4 is 39.0 Å². The maximum absolute atomic E-state index is 13.0. The van der Waals surface area contributed by atoms with Gasteiger partial charge < -0.3 is 10.6 Å². The summed E-state index contributed by atoms with van der Waals surface area (Å²) in [4.78, 5) is 14.6. The van der Waals surface area contributed by atoms with Gasteiger partial charge in [-0.05, 0) is 47.0 Å². The first-order valence-corrected chi connectivity index (χ1v) is 7.23. The zero-order valence-electron chi connectivity index (χ0n) is 10.2. The molecule has 0 atom stereocenters. The fourth-order valence-corrected chi connectivity index (χ4v) is 2.50. The minimum absolute atomic E-state index is 0.106. The van der Waals surface area contributed by atoms with Crippen LogP contribution in [0, 0.1) is 5.82 Å². The average molecular weight is 345 g/mol. The van der Waals surface area contributed by atoms with Gasteiger partial charge in [-0.1, -0.05) is 12.2 Å². The molecule has 1 aliphatic carbocycles. The SMILES string of the molecule is NC(=S)CCN(C(=O)c1ccc(F)cc1Br)C1CC1. The molecule has 0 aliphatic heterocycles. The van der Waals surface area contributed by atoms with Crippen molar-refractivity contribution in [3.63, 3.8) is 0 Å². The number of nitrogens with zero attached hydrogens (tertiary/aromatic N) is 1. The summed E-state index contributed by atoms with van der Waals surface area (Å²) in [5.74, 6) is -0.477. The topological polar surface area (TPSA) is 46.3 Å². The molecule has 0 unspecified atom stereocenters. The number of nitrogens with two attached hydrogens (primary N) is 1. The van der Waals surface area contributed by atoms with Crippen molar-refractivity contribution in [1.82, 2.24) is 4.90 Å². The summed E-state index contributed by atoms with van der Waals surface area (Å²) >= 11 is 8.08. The van der Waals surface area contributed by atoms with Gasteiger partial charge in [0.15, 0.2) is 0 Å². The first-order valence-electron chi connectivity index (χ1n) is 6.03. The van der Waals surface area contributed by atoms with Crippen molar-refractivity contribution < 1.29 is 9.18 Å². The molecule has 19 heavy (non-hydrogen) atoms. The van der Waals surface area contributed by atoms with Crippen LogP contribution in [0.4, 0.5) is 4.39 Å². The van der Waals surface area contributed by atoms with Gasteiger partial charge in [0, 0.05) is 23.5 Å². The van der Waals surface area contributed by atoms with Crippen molar-refractivity contribution in [2.24, 2.45) is 5.73 Å². The molecule has 6 heteroatoms. The van der Waals surface area contributed by atoms with E-state index < -0.39 is 0 Å². The predicted octanol–water partition coefficient (Wildman–Crippen LogP) is 2.87. The van der Waals surface area contributed by atoms with Crippen LogP contribution in [0.3, 0.4) is 0 Å². The first-order chi connectivity index (χ1) is 8.99. The van der Waals surface area contributed by atoms with Crippen LogP contribution >= 0.6 is 28.1 Å². The molecule has 0 bridgehead atoms. The Morgan fingerprint density at radius 1 is 1.53 bits per heavy atom. The van der Waals surface area contributed by atoms with Crippen LogP contribution in [0.2, 0.25) is 0 Å². The highest BCUT2D eigenvalue weighted by Crippen LogP contribution is 2.30. The number of hydrogen-bond donors (Lipinski definition) is 1. The quantitative estimate of drug-likeness (QED) is 0.835. The van der Waals surface area contributed by atoms with E-state index in [9.17, 15) is 9.18 Å². The molecule has 0 spiro atoms. The summed E-state index contributed by atoms with van der Waals surface area (Å²) in [6.45, 7) is 0.517. The third kappa shape index (κ3) is 3.73. The fraction of sp³-hybridized carbons (Fsp3) is 0.385. The summed E-state index contributed by atoms with van der Waals surface area (Å²) in [7, 11) is 0. The second kappa shape index (κ2) is 5.96. The van der Waals surface area contributed by atoms with Crippen molar-refractivity contribution in [3.8, 4) is 0 Å². The van der Waals surface area contributed by atoms with Crippen LogP contribution in [0.1, 0.15) is 29.6 Å². The van der Waals surface area contributed by atoms with Crippen molar-refractivity contribution in [2.75, 3.05) is 6.54 Å². The second-order valence-corrected chi connectivity index (χ2v) is 5.95. The number of thiocarbonyl (C=S) groups is 1. The first kappa shape index (κ1) is 14.4. The van der Waals surface area contributed by atoms with Gasteiger partial charge in [0.05, 0.1) is 10.6 Å². The van der Waals surface area contributed by atoms with Gasteiger partial charge in [0.25, 0.3) is 5.91 Å². The number of carbonyl (C=O) groups excluding carboxylic acids is 1. The fourth-order valence-electron chi connectivity index (χ4n) is 1.88. The Balaban J connectivity index is 2.16. The molecule has 1 saturated carbocycles. The minimum Gasteiger partial charge on any atom is -0.393 e. The molecule has 3 nitrogen and oxygen atoms in total. The van der Waals surface area contributed by atoms with Gasteiger partial charge >= 0.3 is 0 Å². The number of hydrogen-bond acceptors (Lipinski definition) is 2. The number of halogens is 2. The lowest BCUT2D eigenvalue weighted by Crippen LogP contribution is -2.35. The lowest BCUT2D eigenvalue weighted by molar-refractivity contribution is 0.0747. The molecule has 1 amide bonds. The molecule has 0 saturated heterocycles. The van der Waals surface area contributed by atoms with Gasteiger partial charge in [0.2, 0.25) is 0 Å². The van der Waals surface area contributed by atoms with Gasteiger partial charge in [-0.2, -0.15) is 0 Å². The standard InChI is InChI=1S/C13H14BrFN2OS/c14-11-7-8(15)1-4-10(11)13(18)17(9-2-3-9)6-5-12(16)19/h1,4,7,9H,2-3,5-6H2,(H2,16,19). The lowest BCUT2D eigenvalue weighted by Gasteiger charge is -2.22. The van der Waals surface area contributed by atoms with E-state index in [4.69, 9.17) is 18.0 Å². The number of carbonyl (C=O) groups is 1. The normalized spacial score (nSPS) is 14.2. The summed E-state index contributed by atoms with van der Waals surface area (Å²) in [5.41, 5.74) is 5.95. The van der Waals surface area contributed by atoms with E-state index in [-0.39, 0.29) is 17.8 Å². The molecular weight excluding hydrogens is 331 g/mol. The van der Waals surface area contributed by atoms with E-state index in [1.165, 1.54) is 18.2 Å². The second-order valence-electron chi connectivity index (χ2n) is 4.57. The van der Waals surface area contributed by atoms with Gasteiger partial charge in [-0.25, -0.2) is 4.39 Å². The Labute approximate surface area is 125 Å². The van der Waals surface area contributed by atoms with Crippen molar-refractivity contribution in [3.05, 3.63) is 34.1 Å². The third-order valence-electron chi connectivity index (χ3n) is 3.01. The smallest absolute Gasteiger partial charge is 0.255 e. The van der Waals surface area contributed by atoms with E-state index in [1.807, 2.05) is 0 Å². The Hall–Kier alpha value is -1.01. The van der Waals surface area contributed by atoms with E-state index in [0.29, 0.717) is 28.0 Å². The third-order valence-corrected chi connectivity index (χ3v) is 3.87. The van der Waals surface area contributed by atoms with Crippen LogP contribution < -0.4 is 5.73 Å². The van der Waals surface area contributed by atoms with Crippen molar-refractivity contribution in [1.29, 1.82) is 0 Å². The Morgan fingerprint density at radius 2 is 2.21 bits per heavy atom. The van der Waals surface area contributed by atoms with Crippen LogP contribution in [-0.2, 0) is 0 Å². The van der Waals surface area contributed by atoms with E-state index in [2.05, 4.69) is 15.9 Å². The van der Waals surface area contributed by atoms with Gasteiger partial charge in [-0.15, -0.1) is 0 Å². The highest BCUT2D eigenvalue weighted by Gasteiger charge is 2.33. The number of rotatable bonds is 5. The highest BCUT2D eigenvalue weighted by molar-refractivity contribution is 9.10. The highest BCUT2D eigenvalue weighted by atomic mass is 79.9. The van der Waals surface area contributed by atoms with Crippen LogP contribution in [0.25, 0.3) is 0 Å². The molecule has 2 N–H and O–H groups in total. The maximum atomic E-state index is 13.0. The molecule has 102 valence electrons. The Bertz CT molecular complexity index is 519. The molecule has 0 radical (unpaired) electrons. The molecule has 1 aromatic carbocycles. The summed E-state index contributed by atoms with van der Waals surface area (Å²) in [5, 5.41) is 0. The zero-order valence-corrected chi connectivity index (χ0v) is 12.6. The van der Waals surface area contributed by atoms with Crippen LogP contribution in [0.15, 0.2) is 22.7 Å². The Kier molecular flexibility index (Phi) is 4.52. The predicted molar refractivity (Wildman–Crippen MR) is 79.6 cm³/mol. The summed E-state index contributed by atoms with van der Waals surface area (Å²) in [6, 6.07) is 4.35. The van der Waals surface area contributed by atoms with Gasteiger partial charge in [0.1, 0.15) is 5.82 Å². The monoisotopic (exact) mass is 344 g/mol. The minimum atomic E-state index is -0.371. The number of benzene rings is 1. The lowest BCUT2D eigenvalue weighted by atomic mass is 10.2. The average Bonchev–Trinajstić information content (AvgIpc) is 3.13. The molecular formula is C13H14BrFN2OS. The Morgan fingerprint density at radius 3 is 2.74 bits per heavy atom. The zero-order chi connectivity index (χ0) is 14.0. The molecule has 0 heterocycles. The molecule has 0 aromatic heterocycles. The van der Waals surface area contributed by atoms with E-state index in [1.54, 1.807) is 4.90 Å².